The number of aryl methyl sites for hydroxylation is 1. The van der Waals surface area contributed by atoms with Crippen LogP contribution in [0.1, 0.15) is 52.8 Å². The van der Waals surface area contributed by atoms with E-state index in [1.165, 1.54) is 0 Å². The number of ether oxygens (including phenoxy) is 2. The van der Waals surface area contributed by atoms with Crippen LogP contribution in [0.2, 0.25) is 0 Å². The predicted octanol–water partition coefficient (Wildman–Crippen LogP) is 2.82. The molecule has 2 saturated heterocycles. The number of hydrogen-bond acceptors (Lipinski definition) is 10. The van der Waals surface area contributed by atoms with E-state index in [-0.39, 0.29) is 6.04 Å². The van der Waals surface area contributed by atoms with Crippen molar-refractivity contribution in [3.63, 3.8) is 0 Å². The van der Waals surface area contributed by atoms with Gasteiger partial charge in [-0.25, -0.2) is 14.8 Å². The van der Waals surface area contributed by atoms with Gasteiger partial charge in [0.05, 0.1) is 25.0 Å². The smallest absolute Gasteiger partial charge is 0.407 e. The molecule has 4 heterocycles. The summed E-state index contributed by atoms with van der Waals surface area (Å²) in [5, 5.41) is 6.90. The lowest BCUT2D eigenvalue weighted by Crippen LogP contribution is -2.40. The molecule has 0 spiro atoms. The molecule has 2 aromatic rings. The van der Waals surface area contributed by atoms with Gasteiger partial charge in [-0.05, 0) is 46.0 Å². The van der Waals surface area contributed by atoms with E-state index in [2.05, 4.69) is 35.2 Å². The topological polar surface area (TPSA) is 119 Å². The van der Waals surface area contributed by atoms with E-state index in [0.717, 1.165) is 51.1 Å². The quantitative estimate of drug-likeness (QED) is 0.643. The van der Waals surface area contributed by atoms with Gasteiger partial charge in [0, 0.05) is 32.6 Å². The Morgan fingerprint density at radius 3 is 2.50 bits per heavy atom. The molecule has 1 amide bonds. The van der Waals surface area contributed by atoms with Gasteiger partial charge in [-0.1, -0.05) is 12.1 Å². The molecule has 2 aromatic heterocycles. The van der Waals surface area contributed by atoms with Crippen LogP contribution in [0.5, 0.6) is 5.75 Å². The number of rotatable bonds is 7. The number of aromatic nitrogens is 4. The van der Waals surface area contributed by atoms with E-state index in [1.54, 1.807) is 12.4 Å². The summed E-state index contributed by atoms with van der Waals surface area (Å²) in [5.41, 5.74) is -0.509. The molecule has 0 bridgehead atoms. The van der Waals surface area contributed by atoms with Crippen molar-refractivity contribution in [1.82, 2.24) is 25.4 Å². The van der Waals surface area contributed by atoms with Crippen molar-refractivity contribution in [3.05, 3.63) is 18.2 Å². The highest BCUT2D eigenvalue weighted by Gasteiger charge is 2.28. The van der Waals surface area contributed by atoms with E-state index in [1.807, 2.05) is 27.7 Å². The summed E-state index contributed by atoms with van der Waals surface area (Å²) < 4.78 is 16.6. The van der Waals surface area contributed by atoms with Crippen LogP contribution in [0.15, 0.2) is 16.9 Å². The second-order valence-electron chi connectivity index (χ2n) is 9.88. The number of carbonyl (C=O) groups is 1. The fraction of sp³-hybridized carbons (Fsp3) is 0.696. The third-order valence-corrected chi connectivity index (χ3v) is 5.95. The maximum Gasteiger partial charge on any atom is 0.407 e. The number of amides is 1. The molecule has 1 unspecified atom stereocenters. The number of alkyl carbamates (subject to hydrolysis) is 1. The Morgan fingerprint density at radius 1 is 1.15 bits per heavy atom. The summed E-state index contributed by atoms with van der Waals surface area (Å²) in [6.45, 7) is 11.4. The highest BCUT2D eigenvalue weighted by Crippen LogP contribution is 2.24. The Morgan fingerprint density at radius 2 is 1.85 bits per heavy atom. The molecule has 11 nitrogen and oxygen atoms in total. The molecule has 2 fully saturated rings. The Balaban J connectivity index is 1.18. The van der Waals surface area contributed by atoms with Gasteiger partial charge >= 0.3 is 12.1 Å². The van der Waals surface area contributed by atoms with Crippen LogP contribution >= 0.6 is 0 Å². The standard InChI is InChI=1S/C23H35N7O4/c1-5-19-27-21(34-28-19)29-9-6-16(7-10-29)15-32-18-12-24-20(25-13-18)30-11-8-17(14-30)26-22(31)33-23(2,3)4/h12-13,16-17H,5-11,14-15H2,1-4H3,(H,26,31). The lowest BCUT2D eigenvalue weighted by molar-refractivity contribution is 0.0509. The molecule has 0 saturated carbocycles. The van der Waals surface area contributed by atoms with Crippen LogP contribution in [0.25, 0.3) is 0 Å². The molecule has 0 radical (unpaired) electrons. The summed E-state index contributed by atoms with van der Waals surface area (Å²) in [7, 11) is 0. The zero-order valence-corrected chi connectivity index (χ0v) is 20.5. The Labute approximate surface area is 200 Å². The van der Waals surface area contributed by atoms with Gasteiger partial charge in [0.1, 0.15) is 5.60 Å². The monoisotopic (exact) mass is 473 g/mol. The molecule has 0 aromatic carbocycles. The summed E-state index contributed by atoms with van der Waals surface area (Å²) in [6, 6.07) is 0.631. The first-order valence-corrected chi connectivity index (χ1v) is 12.1. The van der Waals surface area contributed by atoms with Gasteiger partial charge in [0.25, 0.3) is 0 Å². The third-order valence-electron chi connectivity index (χ3n) is 5.95. The van der Waals surface area contributed by atoms with Gasteiger partial charge in [0.2, 0.25) is 5.95 Å². The fourth-order valence-corrected chi connectivity index (χ4v) is 4.10. The van der Waals surface area contributed by atoms with Gasteiger partial charge in [-0.15, -0.1) is 0 Å². The summed E-state index contributed by atoms with van der Waals surface area (Å²) in [5.74, 6) is 2.51. The van der Waals surface area contributed by atoms with Crippen molar-refractivity contribution in [2.45, 2.75) is 65.0 Å². The van der Waals surface area contributed by atoms with Crippen LogP contribution in [-0.4, -0.2) is 70.6 Å². The number of anilines is 2. The van der Waals surface area contributed by atoms with E-state index < -0.39 is 11.7 Å². The molecule has 0 aliphatic carbocycles. The number of carbonyl (C=O) groups excluding carboxylic acids is 1. The van der Waals surface area contributed by atoms with Crippen LogP contribution in [0.4, 0.5) is 16.8 Å². The van der Waals surface area contributed by atoms with Gasteiger partial charge in [-0.2, -0.15) is 4.98 Å². The number of nitrogens with zero attached hydrogens (tertiary/aromatic N) is 6. The van der Waals surface area contributed by atoms with Crippen molar-refractivity contribution < 1.29 is 18.8 Å². The minimum absolute atomic E-state index is 0.0148. The lowest BCUT2D eigenvalue weighted by atomic mass is 9.98. The first-order valence-electron chi connectivity index (χ1n) is 12.1. The minimum atomic E-state index is -0.509. The normalized spacial score (nSPS) is 19.4. The van der Waals surface area contributed by atoms with Crippen molar-refractivity contribution in [2.24, 2.45) is 5.92 Å². The van der Waals surface area contributed by atoms with Gasteiger partial charge in [-0.3, -0.25) is 0 Å². The molecule has 2 aliphatic rings. The van der Waals surface area contributed by atoms with Crippen molar-refractivity contribution >= 4 is 18.1 Å². The molecular weight excluding hydrogens is 438 g/mol. The average Bonchev–Trinajstić information content (AvgIpc) is 3.47. The molecule has 4 rings (SSSR count). The third kappa shape index (κ3) is 6.48. The Bertz CT molecular complexity index is 936. The van der Waals surface area contributed by atoms with E-state index >= 15 is 0 Å². The zero-order valence-electron chi connectivity index (χ0n) is 20.5. The maximum absolute atomic E-state index is 12.0. The summed E-state index contributed by atoms with van der Waals surface area (Å²) >= 11 is 0. The molecule has 1 N–H and O–H groups in total. The first kappa shape index (κ1) is 24.0. The van der Waals surface area contributed by atoms with Crippen LogP contribution in [0, 0.1) is 5.92 Å². The molecular formula is C23H35N7O4. The summed E-state index contributed by atoms with van der Waals surface area (Å²) in [4.78, 5) is 29.5. The van der Waals surface area contributed by atoms with E-state index in [4.69, 9.17) is 14.0 Å². The second kappa shape index (κ2) is 10.4. The average molecular weight is 474 g/mol. The summed E-state index contributed by atoms with van der Waals surface area (Å²) in [6.07, 6.45) is 6.65. The van der Waals surface area contributed by atoms with E-state index in [0.29, 0.717) is 36.8 Å². The fourth-order valence-electron chi connectivity index (χ4n) is 4.10. The first-order chi connectivity index (χ1) is 16.3. The van der Waals surface area contributed by atoms with Crippen molar-refractivity contribution in [2.75, 3.05) is 42.6 Å². The minimum Gasteiger partial charge on any atom is -0.490 e. The Hall–Kier alpha value is -3.11. The molecule has 34 heavy (non-hydrogen) atoms. The van der Waals surface area contributed by atoms with E-state index in [9.17, 15) is 4.79 Å². The molecule has 1 atom stereocenters. The van der Waals surface area contributed by atoms with Gasteiger partial charge < -0.3 is 29.1 Å². The molecule has 11 heteroatoms. The van der Waals surface area contributed by atoms with Crippen LogP contribution < -0.4 is 19.9 Å². The molecule has 2 aliphatic heterocycles. The number of nitrogens with one attached hydrogen (secondary N) is 1. The number of piperidine rings is 1. The zero-order chi connectivity index (χ0) is 24.1. The van der Waals surface area contributed by atoms with Crippen LogP contribution in [0.3, 0.4) is 0 Å². The largest absolute Gasteiger partial charge is 0.490 e. The van der Waals surface area contributed by atoms with Crippen molar-refractivity contribution in [3.8, 4) is 5.75 Å². The van der Waals surface area contributed by atoms with Crippen LogP contribution in [-0.2, 0) is 11.2 Å². The molecule has 186 valence electrons. The second-order valence-corrected chi connectivity index (χ2v) is 9.88. The highest BCUT2D eigenvalue weighted by atomic mass is 16.6. The highest BCUT2D eigenvalue weighted by molar-refractivity contribution is 5.68. The Kier molecular flexibility index (Phi) is 7.38. The van der Waals surface area contributed by atoms with Crippen molar-refractivity contribution in [1.29, 1.82) is 0 Å². The maximum atomic E-state index is 12.0. The SMILES string of the molecule is CCc1noc(N2CCC(COc3cnc(N4CCC(NC(=O)OC(C)(C)C)C4)nc3)CC2)n1. The predicted molar refractivity (Wildman–Crippen MR) is 126 cm³/mol. The number of hydrogen-bond donors (Lipinski definition) is 1. The van der Waals surface area contributed by atoms with Gasteiger partial charge in [0.15, 0.2) is 11.6 Å². The lowest BCUT2D eigenvalue weighted by Gasteiger charge is -2.30.